The minimum Gasteiger partial charge on any atom is -0.485 e. The zero-order valence-electron chi connectivity index (χ0n) is 18.3. The number of carbonyl (C=O) groups excluding carboxylic acids is 1. The van der Waals surface area contributed by atoms with E-state index in [2.05, 4.69) is 15.2 Å². The summed E-state index contributed by atoms with van der Waals surface area (Å²) in [6.45, 7) is 4.68. The van der Waals surface area contributed by atoms with Crippen LogP contribution in [0.2, 0.25) is 0 Å². The van der Waals surface area contributed by atoms with E-state index in [1.807, 2.05) is 6.92 Å². The molecule has 0 bridgehead atoms. The van der Waals surface area contributed by atoms with Crippen LogP contribution in [0, 0.1) is 25.5 Å². The van der Waals surface area contributed by atoms with Gasteiger partial charge in [-0.15, -0.1) is 21.5 Å². The molecule has 1 atom stereocenters. The number of carbonyl (C=O) groups is 1. The Bertz CT molecular complexity index is 1320. The average Bonchev–Trinajstić information content (AvgIpc) is 3.36. The number of aryl methyl sites for hydroxylation is 2. The molecule has 0 fully saturated rings. The van der Waals surface area contributed by atoms with Crippen LogP contribution in [0.5, 0.6) is 5.75 Å². The molecule has 7 nitrogen and oxygen atoms in total. The molecule has 0 saturated heterocycles. The zero-order valence-corrected chi connectivity index (χ0v) is 19.1. The van der Waals surface area contributed by atoms with E-state index in [4.69, 9.17) is 4.74 Å². The third-order valence-corrected chi connectivity index (χ3v) is 6.57. The highest BCUT2D eigenvalue weighted by Gasteiger charge is 2.34. The highest BCUT2D eigenvalue weighted by molar-refractivity contribution is 7.11. The smallest absolute Gasteiger partial charge is 0.182 e. The van der Waals surface area contributed by atoms with Gasteiger partial charge in [-0.05, 0) is 38.1 Å². The van der Waals surface area contributed by atoms with Gasteiger partial charge in [0.15, 0.2) is 17.2 Å². The molecular formula is C23H22F2N4O3S. The van der Waals surface area contributed by atoms with Gasteiger partial charge < -0.3 is 9.84 Å². The number of aromatic nitrogens is 4. The highest BCUT2D eigenvalue weighted by atomic mass is 32.1. The zero-order chi connectivity index (χ0) is 23.8. The van der Waals surface area contributed by atoms with Gasteiger partial charge in [-0.3, -0.25) is 9.20 Å². The van der Waals surface area contributed by atoms with Gasteiger partial charge in [-0.1, -0.05) is 13.0 Å². The number of fused-ring (bicyclic) bond motifs is 1. The normalized spacial score (nSPS) is 13.3. The minimum absolute atomic E-state index is 0.00170. The number of rotatable bonds is 8. The first-order chi connectivity index (χ1) is 15.7. The van der Waals surface area contributed by atoms with E-state index in [0.29, 0.717) is 22.0 Å². The van der Waals surface area contributed by atoms with Gasteiger partial charge >= 0.3 is 0 Å². The fourth-order valence-electron chi connectivity index (χ4n) is 3.60. The van der Waals surface area contributed by atoms with Gasteiger partial charge in [0.1, 0.15) is 34.0 Å². The summed E-state index contributed by atoms with van der Waals surface area (Å²) in [6.07, 6.45) is 1.67. The molecule has 172 valence electrons. The first-order valence-corrected chi connectivity index (χ1v) is 11.0. The first kappa shape index (κ1) is 22.9. The van der Waals surface area contributed by atoms with Crippen LogP contribution in [0.25, 0.3) is 5.65 Å². The van der Waals surface area contributed by atoms with Crippen molar-refractivity contribution >= 4 is 22.8 Å². The van der Waals surface area contributed by atoms with Crippen LogP contribution in [0.3, 0.4) is 0 Å². The maximum atomic E-state index is 14.0. The Kier molecular flexibility index (Phi) is 6.22. The lowest BCUT2D eigenvalue weighted by molar-refractivity contribution is 0.0912. The summed E-state index contributed by atoms with van der Waals surface area (Å²) in [5, 5.41) is 19.5. The molecule has 4 rings (SSSR count). The number of nitrogens with zero attached hydrogens (tertiary/aromatic N) is 4. The van der Waals surface area contributed by atoms with Gasteiger partial charge in [0, 0.05) is 12.6 Å². The predicted octanol–water partition coefficient (Wildman–Crippen LogP) is 4.18. The van der Waals surface area contributed by atoms with Crippen LogP contribution in [-0.2, 0) is 12.0 Å². The average molecular weight is 473 g/mol. The number of Topliss-reactive ketones (excluding diaryl/α,β-unsaturated/α-hetero) is 1. The largest absolute Gasteiger partial charge is 0.485 e. The minimum atomic E-state index is -0.893. The van der Waals surface area contributed by atoms with Crippen molar-refractivity contribution < 1.29 is 23.4 Å². The molecule has 0 spiro atoms. The highest BCUT2D eigenvalue weighted by Crippen LogP contribution is 2.32. The van der Waals surface area contributed by atoms with Crippen LogP contribution in [0.1, 0.15) is 45.1 Å². The number of ether oxygens (including phenoxy) is 1. The Morgan fingerprint density at radius 2 is 1.91 bits per heavy atom. The summed E-state index contributed by atoms with van der Waals surface area (Å²) >= 11 is 1.34. The maximum absolute atomic E-state index is 14.0. The second-order valence-electron chi connectivity index (χ2n) is 8.05. The van der Waals surface area contributed by atoms with Gasteiger partial charge in [-0.2, -0.15) is 0 Å². The summed E-state index contributed by atoms with van der Waals surface area (Å²) in [5.74, 6) is -1.35. The molecule has 0 amide bonds. The van der Waals surface area contributed by atoms with Crippen molar-refractivity contribution in [2.75, 3.05) is 6.61 Å². The number of hydrogen-bond donors (Lipinski definition) is 1. The molecule has 4 aromatic rings. The van der Waals surface area contributed by atoms with Crippen molar-refractivity contribution in [3.05, 3.63) is 75.1 Å². The number of pyridine rings is 1. The summed E-state index contributed by atoms with van der Waals surface area (Å²) < 4.78 is 35.2. The number of ketones is 1. The van der Waals surface area contributed by atoms with E-state index in [9.17, 15) is 18.7 Å². The maximum Gasteiger partial charge on any atom is 0.182 e. The number of imidazole rings is 1. The van der Waals surface area contributed by atoms with Crippen molar-refractivity contribution in [1.82, 2.24) is 19.6 Å². The lowest BCUT2D eigenvalue weighted by Gasteiger charge is -2.23. The number of hydrogen-bond acceptors (Lipinski definition) is 7. The first-order valence-electron chi connectivity index (χ1n) is 10.2. The molecule has 0 unspecified atom stereocenters. The number of benzene rings is 1. The molecule has 3 aromatic heterocycles. The van der Waals surface area contributed by atoms with Crippen molar-refractivity contribution in [3.8, 4) is 5.75 Å². The van der Waals surface area contributed by atoms with Crippen LogP contribution in [0.15, 0.2) is 36.5 Å². The molecule has 0 radical (unpaired) electrons. The van der Waals surface area contributed by atoms with E-state index in [-0.39, 0.29) is 36.7 Å². The molecule has 0 aliphatic rings. The molecule has 1 N–H and O–H groups in total. The van der Waals surface area contributed by atoms with Gasteiger partial charge in [0.2, 0.25) is 0 Å². The molecule has 33 heavy (non-hydrogen) atoms. The van der Waals surface area contributed by atoms with Crippen LogP contribution >= 0.6 is 11.3 Å². The van der Waals surface area contributed by atoms with Gasteiger partial charge in [0.25, 0.3) is 0 Å². The van der Waals surface area contributed by atoms with E-state index in [1.54, 1.807) is 36.6 Å². The second kappa shape index (κ2) is 8.95. The van der Waals surface area contributed by atoms with Crippen molar-refractivity contribution in [2.45, 2.75) is 39.2 Å². The lowest BCUT2D eigenvalue weighted by atomic mass is 9.85. The van der Waals surface area contributed by atoms with Crippen molar-refractivity contribution in [2.24, 2.45) is 0 Å². The summed E-state index contributed by atoms with van der Waals surface area (Å²) in [4.78, 5) is 17.8. The fraction of sp³-hybridized carbons (Fsp3) is 0.304. The Hall–Kier alpha value is -3.24. The van der Waals surface area contributed by atoms with Crippen molar-refractivity contribution in [1.29, 1.82) is 0 Å². The fourth-order valence-corrected chi connectivity index (χ4v) is 4.43. The van der Waals surface area contributed by atoms with Gasteiger partial charge in [-0.25, -0.2) is 13.8 Å². The Labute approximate surface area is 192 Å². The molecule has 1 aromatic carbocycles. The Morgan fingerprint density at radius 3 is 2.55 bits per heavy atom. The topological polar surface area (TPSA) is 89.6 Å². The summed E-state index contributed by atoms with van der Waals surface area (Å²) in [5.41, 5.74) is 0.0868. The number of halogens is 2. The summed E-state index contributed by atoms with van der Waals surface area (Å²) in [6, 6.07) is 6.90. The standard InChI is InChI=1S/C23H22F2N4O3S/c1-13-20(18(31)10-23(3,12-30)22-28-27-14(2)33-22)29-9-5-8-19(21(29)26-13)32-11-15-16(24)6-4-7-17(15)25/h4-9,30H,10-12H2,1-3H3/t23-/m0/s1. The molecule has 0 aliphatic heterocycles. The molecule has 0 saturated carbocycles. The quantitative estimate of drug-likeness (QED) is 0.387. The van der Waals surface area contributed by atoms with E-state index in [1.165, 1.54) is 17.4 Å². The van der Waals surface area contributed by atoms with Crippen LogP contribution in [0.4, 0.5) is 8.78 Å². The third-order valence-electron chi connectivity index (χ3n) is 5.43. The second-order valence-corrected chi connectivity index (χ2v) is 9.23. The van der Waals surface area contributed by atoms with E-state index < -0.39 is 17.0 Å². The molecule has 10 heteroatoms. The molecule has 0 aliphatic carbocycles. The van der Waals surface area contributed by atoms with E-state index >= 15 is 0 Å². The monoisotopic (exact) mass is 472 g/mol. The Morgan fingerprint density at radius 1 is 1.18 bits per heavy atom. The molecular weight excluding hydrogens is 450 g/mol. The summed E-state index contributed by atoms with van der Waals surface area (Å²) in [7, 11) is 0. The molecule has 3 heterocycles. The van der Waals surface area contributed by atoms with Crippen molar-refractivity contribution in [3.63, 3.8) is 0 Å². The third kappa shape index (κ3) is 4.36. The van der Waals surface area contributed by atoms with Gasteiger partial charge in [0.05, 0.1) is 23.3 Å². The SMILES string of the molecule is Cc1nnc([C@](C)(CO)CC(=O)c2c(C)nc3c(OCc4c(F)cccc4F)cccn23)s1. The Balaban J connectivity index is 1.64. The lowest BCUT2D eigenvalue weighted by Crippen LogP contribution is -2.30. The van der Waals surface area contributed by atoms with Crippen LogP contribution < -0.4 is 4.74 Å². The van der Waals surface area contributed by atoms with Crippen LogP contribution in [-0.4, -0.2) is 37.1 Å². The predicted molar refractivity (Wildman–Crippen MR) is 119 cm³/mol. The number of aliphatic hydroxyl groups excluding tert-OH is 1. The number of aliphatic hydroxyl groups is 1. The van der Waals surface area contributed by atoms with E-state index in [0.717, 1.165) is 17.1 Å².